The van der Waals surface area contributed by atoms with E-state index in [-0.39, 0.29) is 17.2 Å². The molecule has 2 N–H and O–H groups in total. The van der Waals surface area contributed by atoms with E-state index in [1.54, 1.807) is 0 Å². The van der Waals surface area contributed by atoms with E-state index in [9.17, 15) is 18.0 Å². The molecule has 1 heterocycles. The van der Waals surface area contributed by atoms with Crippen LogP contribution in [0.4, 0.5) is 0 Å². The zero-order valence-corrected chi connectivity index (χ0v) is 16.8. The highest BCUT2D eigenvalue weighted by molar-refractivity contribution is 7.73. The van der Waals surface area contributed by atoms with Crippen molar-refractivity contribution >= 4 is 27.0 Å². The van der Waals surface area contributed by atoms with Gasteiger partial charge in [0.1, 0.15) is 11.5 Å². The Morgan fingerprint density at radius 2 is 1.55 bits per heavy atom. The molecule has 1 saturated heterocycles. The highest BCUT2D eigenvalue weighted by Gasteiger charge is 2.39. The summed E-state index contributed by atoms with van der Waals surface area (Å²) in [6.07, 6.45) is -0.253. The van der Waals surface area contributed by atoms with Crippen LogP contribution in [0, 0.1) is 5.92 Å². The van der Waals surface area contributed by atoms with Gasteiger partial charge in [0.05, 0.1) is 16.8 Å². The van der Waals surface area contributed by atoms with Crippen LogP contribution in [-0.4, -0.2) is 48.3 Å². The molecule has 154 valence electrons. The molecule has 2 atom stereocenters. The first-order chi connectivity index (χ1) is 13.8. The minimum atomic E-state index is -2.57. The average Bonchev–Trinajstić information content (AvgIpc) is 2.72. The van der Waals surface area contributed by atoms with Crippen molar-refractivity contribution in [2.45, 2.75) is 19.4 Å². The summed E-state index contributed by atoms with van der Waals surface area (Å²) in [7, 11) is -1.10. The number of benzene rings is 2. The predicted octanol–water partition coefficient (Wildman–Crippen LogP) is 1.89. The number of piperidine rings is 1. The molecule has 2 amide bonds. The van der Waals surface area contributed by atoms with Gasteiger partial charge in [-0.1, -0.05) is 36.4 Å². The maximum absolute atomic E-state index is 11.5. The Morgan fingerprint density at radius 3 is 1.97 bits per heavy atom. The first kappa shape index (κ1) is 22.1. The molecule has 0 bridgehead atoms. The first-order valence-corrected chi connectivity index (χ1v) is 9.86. The lowest BCUT2D eigenvalue weighted by Crippen LogP contribution is -2.53. The Kier molecular flexibility index (Phi) is 7.93. The van der Waals surface area contributed by atoms with Gasteiger partial charge in [-0.3, -0.25) is 14.8 Å². The first-order valence-electron chi connectivity index (χ1n) is 8.78. The summed E-state index contributed by atoms with van der Waals surface area (Å²) in [5.74, 6) is -0.604. The third kappa shape index (κ3) is 5.90. The van der Waals surface area contributed by atoms with E-state index in [0.29, 0.717) is 0 Å². The lowest BCUT2D eigenvalue weighted by Gasteiger charge is -2.33. The van der Waals surface area contributed by atoms with Crippen molar-refractivity contribution in [3.63, 3.8) is 0 Å². The van der Waals surface area contributed by atoms with Crippen LogP contribution in [0.1, 0.15) is 13.3 Å². The Balaban J connectivity index is 0.000000211. The van der Waals surface area contributed by atoms with E-state index in [2.05, 4.69) is 0 Å². The van der Waals surface area contributed by atoms with Crippen LogP contribution in [0.25, 0.3) is 0 Å². The minimum absolute atomic E-state index is 0.0892. The van der Waals surface area contributed by atoms with Gasteiger partial charge in [-0.2, -0.15) is 8.42 Å². The largest absolute Gasteiger partial charge is 0.457 e. The van der Waals surface area contributed by atoms with Gasteiger partial charge in [0.15, 0.2) is 0 Å². The number of hydroxylamine groups is 1. The van der Waals surface area contributed by atoms with Crippen molar-refractivity contribution in [2.75, 3.05) is 7.05 Å². The Morgan fingerprint density at radius 1 is 1.07 bits per heavy atom. The highest BCUT2D eigenvalue weighted by Crippen LogP contribution is 2.20. The molecule has 0 spiro atoms. The van der Waals surface area contributed by atoms with Crippen LogP contribution < -0.4 is 10.2 Å². The zero-order chi connectivity index (χ0) is 21.4. The van der Waals surface area contributed by atoms with Crippen molar-refractivity contribution in [2.24, 2.45) is 5.92 Å². The summed E-state index contributed by atoms with van der Waals surface area (Å²) >= 11 is 0. The Bertz CT molecular complexity index is 931. The Labute approximate surface area is 170 Å². The summed E-state index contributed by atoms with van der Waals surface area (Å²) in [6.45, 7) is 1.51. The molecule has 0 aliphatic carbocycles. The molecule has 1 aliphatic rings. The summed E-state index contributed by atoms with van der Waals surface area (Å²) in [5, 5.41) is 8.49. The molecule has 0 radical (unpaired) electrons. The molecule has 2 aromatic carbocycles. The maximum Gasteiger partial charge on any atom is 0.252 e. The topological polar surface area (TPSA) is 113 Å². The quantitative estimate of drug-likeness (QED) is 0.447. The van der Waals surface area contributed by atoms with Gasteiger partial charge < -0.3 is 9.64 Å². The van der Waals surface area contributed by atoms with Crippen molar-refractivity contribution in [1.82, 2.24) is 10.4 Å². The van der Waals surface area contributed by atoms with E-state index in [0.717, 1.165) is 11.5 Å². The van der Waals surface area contributed by atoms with Gasteiger partial charge in [-0.25, -0.2) is 5.48 Å². The van der Waals surface area contributed by atoms with E-state index >= 15 is 0 Å². The molecule has 3 rings (SSSR count). The van der Waals surface area contributed by atoms with Crippen LogP contribution in [0.15, 0.2) is 60.7 Å². The molecule has 1 fully saturated rings. The summed E-state index contributed by atoms with van der Waals surface area (Å²) in [4.78, 5) is 23.9. The fourth-order valence-electron chi connectivity index (χ4n) is 2.79. The van der Waals surface area contributed by atoms with Crippen LogP contribution in [0.2, 0.25) is 0 Å². The molecule has 0 saturated carbocycles. The molecule has 9 heteroatoms. The van der Waals surface area contributed by atoms with Gasteiger partial charge in [0.2, 0.25) is 16.2 Å². The standard InChI is InChI=1S/C12H10O.C8H12N2O5S/c1-3-7-11(8-4-1)13-12-9-5-2-6-10-12;1-4-7(16(14)15)5(8(12)9-13)3-6(11)10(4)2/h1-10H;4-5,13H,3H2,1-2H3,(H,9,12). The van der Waals surface area contributed by atoms with Gasteiger partial charge in [-0.15, -0.1) is 0 Å². The van der Waals surface area contributed by atoms with E-state index in [4.69, 9.17) is 9.94 Å². The molecule has 8 nitrogen and oxygen atoms in total. The fraction of sp³-hybridized carbons (Fsp3) is 0.250. The molecule has 2 aromatic rings. The lowest BCUT2D eigenvalue weighted by molar-refractivity contribution is -0.139. The van der Waals surface area contributed by atoms with E-state index < -0.39 is 28.2 Å². The third-order valence-electron chi connectivity index (χ3n) is 4.45. The smallest absolute Gasteiger partial charge is 0.252 e. The molecule has 0 aromatic heterocycles. The molecule has 1 aliphatic heterocycles. The molecular formula is C20H22N2O6S. The van der Waals surface area contributed by atoms with Crippen LogP contribution in [0.5, 0.6) is 11.5 Å². The van der Waals surface area contributed by atoms with Crippen molar-refractivity contribution in [1.29, 1.82) is 0 Å². The molecule has 29 heavy (non-hydrogen) atoms. The van der Waals surface area contributed by atoms with Gasteiger partial charge in [0.25, 0.3) is 5.91 Å². The second-order valence-electron chi connectivity index (χ2n) is 6.28. The average molecular weight is 418 g/mol. The number of rotatable bonds is 3. The maximum atomic E-state index is 11.5. The number of carbonyl (C=O) groups excluding carboxylic acids is 2. The monoisotopic (exact) mass is 418 g/mol. The number of nitrogens with zero attached hydrogens (tertiary/aromatic N) is 1. The highest BCUT2D eigenvalue weighted by atomic mass is 32.2. The lowest BCUT2D eigenvalue weighted by atomic mass is 9.90. The predicted molar refractivity (Wildman–Crippen MR) is 107 cm³/mol. The van der Waals surface area contributed by atoms with Crippen LogP contribution in [0.3, 0.4) is 0 Å². The minimum Gasteiger partial charge on any atom is -0.457 e. The van der Waals surface area contributed by atoms with Gasteiger partial charge in [0, 0.05) is 13.5 Å². The number of para-hydroxylation sites is 2. The molecule has 2 unspecified atom stereocenters. The second kappa shape index (κ2) is 10.4. The summed E-state index contributed by atoms with van der Waals surface area (Å²) in [6, 6.07) is 18.8. The second-order valence-corrected chi connectivity index (χ2v) is 7.22. The van der Waals surface area contributed by atoms with E-state index in [1.165, 1.54) is 24.4 Å². The number of hydrogen-bond donors (Lipinski definition) is 2. The van der Waals surface area contributed by atoms with Crippen LogP contribution in [-0.2, 0) is 19.9 Å². The van der Waals surface area contributed by atoms with E-state index in [1.807, 2.05) is 60.7 Å². The van der Waals surface area contributed by atoms with Crippen molar-refractivity contribution in [3.05, 3.63) is 60.7 Å². The normalized spacial score (nSPS) is 18.4. The number of likely N-dealkylation sites (tertiary alicyclic amines) is 1. The summed E-state index contributed by atoms with van der Waals surface area (Å²) in [5.41, 5.74) is 1.37. The zero-order valence-electron chi connectivity index (χ0n) is 16.0. The van der Waals surface area contributed by atoms with Crippen molar-refractivity contribution < 1.29 is 28.0 Å². The number of amides is 2. The Hall–Kier alpha value is -3.17. The van der Waals surface area contributed by atoms with Gasteiger partial charge >= 0.3 is 0 Å². The number of hydrogen-bond acceptors (Lipinski definition) is 6. The van der Waals surface area contributed by atoms with Crippen LogP contribution >= 0.6 is 0 Å². The SMILES string of the molecule is CC1C(=S(=O)=O)C(C(=O)NO)CC(=O)N1C.c1ccc(Oc2ccccc2)cc1. The summed E-state index contributed by atoms with van der Waals surface area (Å²) < 4.78 is 27.6. The number of ether oxygens (including phenoxy) is 1. The van der Waals surface area contributed by atoms with Gasteiger partial charge in [-0.05, 0) is 31.2 Å². The third-order valence-corrected chi connectivity index (χ3v) is 5.46. The molecular weight excluding hydrogens is 396 g/mol. The van der Waals surface area contributed by atoms with Crippen molar-refractivity contribution in [3.8, 4) is 11.5 Å². The number of carbonyl (C=O) groups is 2. The number of nitrogens with one attached hydrogen (secondary N) is 1. The fourth-order valence-corrected chi connectivity index (χ4v) is 3.64.